The number of carbonyl (C=O) groups is 1. The van der Waals surface area contributed by atoms with Crippen molar-refractivity contribution in [3.8, 4) is 0 Å². The molecule has 0 N–H and O–H groups in total. The number of rotatable bonds is 0. The molecule has 4 aliphatic rings. The minimum Gasteiger partial charge on any atom is -0.299 e. The Labute approximate surface area is 114 Å². The fourth-order valence-corrected chi connectivity index (χ4v) is 4.79. The van der Waals surface area contributed by atoms with E-state index in [1.54, 1.807) is 0 Å². The number of carbonyl (C=O) groups excluding carboxylic acids is 1. The second-order valence-electron chi connectivity index (χ2n) is 6.82. The molecular formula is C18H20O. The number of hydrogen-bond acceptors (Lipinski definition) is 1. The minimum absolute atomic E-state index is 0.136. The molecule has 0 unspecified atom stereocenters. The number of hydrogen-bond donors (Lipinski definition) is 0. The Kier molecular flexibility index (Phi) is 2.30. The summed E-state index contributed by atoms with van der Waals surface area (Å²) in [4.78, 5) is 12.7. The Morgan fingerprint density at radius 2 is 2.16 bits per heavy atom. The molecule has 0 saturated heterocycles. The van der Waals surface area contributed by atoms with Gasteiger partial charge in [0.2, 0.25) is 0 Å². The minimum atomic E-state index is 0.136. The van der Waals surface area contributed by atoms with Gasteiger partial charge >= 0.3 is 0 Å². The smallest absolute Gasteiger partial charge is 0.141 e. The van der Waals surface area contributed by atoms with Gasteiger partial charge in [-0.05, 0) is 29.7 Å². The van der Waals surface area contributed by atoms with Gasteiger partial charge in [-0.3, -0.25) is 4.79 Å². The monoisotopic (exact) mass is 252 g/mol. The largest absolute Gasteiger partial charge is 0.299 e. The summed E-state index contributed by atoms with van der Waals surface area (Å²) in [6.45, 7) is 2.33. The predicted octanol–water partition coefficient (Wildman–Crippen LogP) is 3.99. The van der Waals surface area contributed by atoms with Gasteiger partial charge in [0, 0.05) is 18.3 Å². The van der Waals surface area contributed by atoms with E-state index >= 15 is 0 Å². The summed E-state index contributed by atoms with van der Waals surface area (Å²) in [6, 6.07) is 0. The van der Waals surface area contributed by atoms with Crippen LogP contribution < -0.4 is 0 Å². The van der Waals surface area contributed by atoms with Crippen molar-refractivity contribution in [2.45, 2.75) is 32.6 Å². The highest BCUT2D eigenvalue weighted by molar-refractivity contribution is 5.88. The lowest BCUT2D eigenvalue weighted by Gasteiger charge is -2.45. The molecule has 0 aliphatic heterocycles. The number of allylic oxidation sites excluding steroid dienone is 8. The van der Waals surface area contributed by atoms with Gasteiger partial charge in [-0.15, -0.1) is 0 Å². The second-order valence-corrected chi connectivity index (χ2v) is 6.82. The summed E-state index contributed by atoms with van der Waals surface area (Å²) in [5.41, 5.74) is 3.00. The SMILES string of the molecule is C[C@@]12CCC[C@H]1C1=CC=C3C=CC=C[C@@H]3[C@H]1C(=O)C2. The highest BCUT2D eigenvalue weighted by Crippen LogP contribution is 2.57. The molecule has 19 heavy (non-hydrogen) atoms. The molecule has 2 saturated carbocycles. The van der Waals surface area contributed by atoms with Crippen LogP contribution in [-0.4, -0.2) is 5.78 Å². The number of ketones is 1. The lowest BCUT2D eigenvalue weighted by Crippen LogP contribution is -2.42. The van der Waals surface area contributed by atoms with Crippen LogP contribution in [0.3, 0.4) is 0 Å². The van der Waals surface area contributed by atoms with Crippen LogP contribution in [0.2, 0.25) is 0 Å². The van der Waals surface area contributed by atoms with Crippen LogP contribution in [0.1, 0.15) is 32.6 Å². The molecule has 1 nitrogen and oxygen atoms in total. The lowest BCUT2D eigenvalue weighted by molar-refractivity contribution is -0.127. The fourth-order valence-electron chi connectivity index (χ4n) is 4.79. The quantitative estimate of drug-likeness (QED) is 0.637. The van der Waals surface area contributed by atoms with Crippen LogP contribution in [0, 0.1) is 23.2 Å². The zero-order valence-electron chi connectivity index (χ0n) is 11.4. The van der Waals surface area contributed by atoms with Gasteiger partial charge in [0.15, 0.2) is 0 Å². The van der Waals surface area contributed by atoms with Crippen molar-refractivity contribution in [1.82, 2.24) is 0 Å². The van der Waals surface area contributed by atoms with Gasteiger partial charge in [-0.2, -0.15) is 0 Å². The normalized spacial score (nSPS) is 43.2. The molecule has 4 aliphatic carbocycles. The van der Waals surface area contributed by atoms with Crippen LogP contribution in [-0.2, 0) is 4.79 Å². The molecule has 0 spiro atoms. The summed E-state index contributed by atoms with van der Waals surface area (Å²) >= 11 is 0. The van der Waals surface area contributed by atoms with Gasteiger partial charge in [0.25, 0.3) is 0 Å². The number of fused-ring (bicyclic) bond motifs is 5. The van der Waals surface area contributed by atoms with Gasteiger partial charge in [0.1, 0.15) is 5.78 Å². The van der Waals surface area contributed by atoms with Crippen molar-refractivity contribution in [3.05, 3.63) is 47.6 Å². The molecule has 0 aromatic rings. The molecule has 2 fully saturated rings. The first-order chi connectivity index (χ1) is 9.19. The molecule has 98 valence electrons. The van der Waals surface area contributed by atoms with Gasteiger partial charge < -0.3 is 0 Å². The van der Waals surface area contributed by atoms with E-state index in [0.29, 0.717) is 17.6 Å². The van der Waals surface area contributed by atoms with Crippen LogP contribution in [0.5, 0.6) is 0 Å². The summed E-state index contributed by atoms with van der Waals surface area (Å²) < 4.78 is 0. The van der Waals surface area contributed by atoms with Crippen LogP contribution >= 0.6 is 0 Å². The molecule has 4 rings (SSSR count). The van der Waals surface area contributed by atoms with Crippen molar-refractivity contribution < 1.29 is 4.79 Å². The Hall–Kier alpha value is -1.37. The van der Waals surface area contributed by atoms with Crippen molar-refractivity contribution >= 4 is 5.78 Å². The highest BCUT2D eigenvalue weighted by Gasteiger charge is 2.51. The standard InChI is InChI=1S/C18H20O/c1-18-10-4-7-15(18)14-9-8-12-5-2-3-6-13(12)17(14)16(19)11-18/h2-3,5-6,8-9,13,15,17H,4,7,10-11H2,1H3/t13-,15-,17+,18-/m0/s1. The van der Waals surface area contributed by atoms with E-state index < -0.39 is 0 Å². The summed E-state index contributed by atoms with van der Waals surface area (Å²) in [7, 11) is 0. The van der Waals surface area contributed by atoms with Gasteiger partial charge in [-0.1, -0.05) is 55.4 Å². The topological polar surface area (TPSA) is 17.1 Å². The maximum Gasteiger partial charge on any atom is 0.141 e. The van der Waals surface area contributed by atoms with E-state index in [1.165, 1.54) is 30.4 Å². The average molecular weight is 252 g/mol. The Morgan fingerprint density at radius 1 is 1.26 bits per heavy atom. The fraction of sp³-hybridized carbons (Fsp3) is 0.500. The molecule has 0 amide bonds. The first-order valence-corrected chi connectivity index (χ1v) is 7.48. The zero-order chi connectivity index (χ0) is 13.0. The molecule has 0 bridgehead atoms. The van der Waals surface area contributed by atoms with E-state index in [9.17, 15) is 4.79 Å². The Bertz CT molecular complexity index is 560. The van der Waals surface area contributed by atoms with Crippen LogP contribution in [0.15, 0.2) is 47.6 Å². The summed E-state index contributed by atoms with van der Waals surface area (Å²) in [5, 5.41) is 0. The second kappa shape index (κ2) is 3.82. The van der Waals surface area contributed by atoms with Crippen molar-refractivity contribution in [2.24, 2.45) is 23.2 Å². The molecular weight excluding hydrogens is 232 g/mol. The van der Waals surface area contributed by atoms with Gasteiger partial charge in [-0.25, -0.2) is 0 Å². The molecule has 4 atom stereocenters. The zero-order valence-corrected chi connectivity index (χ0v) is 11.4. The van der Waals surface area contributed by atoms with E-state index in [0.717, 1.165) is 6.42 Å². The third-order valence-corrected chi connectivity index (χ3v) is 5.70. The predicted molar refractivity (Wildman–Crippen MR) is 76.5 cm³/mol. The Morgan fingerprint density at radius 3 is 3.05 bits per heavy atom. The average Bonchev–Trinajstić information content (AvgIpc) is 2.79. The van der Waals surface area contributed by atoms with E-state index in [2.05, 4.69) is 43.4 Å². The number of Topliss-reactive ketones (excluding diaryl/α,β-unsaturated/α-hetero) is 1. The van der Waals surface area contributed by atoms with E-state index in [1.807, 2.05) is 0 Å². The molecule has 0 radical (unpaired) electrons. The first-order valence-electron chi connectivity index (χ1n) is 7.48. The summed E-state index contributed by atoms with van der Waals surface area (Å²) in [6.07, 6.45) is 17.7. The first kappa shape index (κ1) is 11.5. The van der Waals surface area contributed by atoms with E-state index in [-0.39, 0.29) is 11.3 Å². The Balaban J connectivity index is 1.82. The highest BCUT2D eigenvalue weighted by atomic mass is 16.1. The van der Waals surface area contributed by atoms with Crippen LogP contribution in [0.4, 0.5) is 0 Å². The lowest BCUT2D eigenvalue weighted by atomic mass is 9.58. The molecule has 1 heteroatoms. The third kappa shape index (κ3) is 1.51. The molecule has 0 aromatic carbocycles. The van der Waals surface area contributed by atoms with Crippen molar-refractivity contribution in [3.63, 3.8) is 0 Å². The molecule has 0 heterocycles. The van der Waals surface area contributed by atoms with Gasteiger partial charge in [0.05, 0.1) is 0 Å². The summed E-state index contributed by atoms with van der Waals surface area (Å²) in [5.74, 6) is 1.56. The van der Waals surface area contributed by atoms with E-state index in [4.69, 9.17) is 0 Å². The van der Waals surface area contributed by atoms with Crippen molar-refractivity contribution in [1.29, 1.82) is 0 Å². The molecule has 0 aromatic heterocycles. The maximum atomic E-state index is 12.7. The van der Waals surface area contributed by atoms with Crippen LogP contribution in [0.25, 0.3) is 0 Å². The van der Waals surface area contributed by atoms with Crippen molar-refractivity contribution in [2.75, 3.05) is 0 Å². The third-order valence-electron chi connectivity index (χ3n) is 5.70. The maximum absolute atomic E-state index is 12.7.